The van der Waals surface area contributed by atoms with Crippen LogP contribution in [-0.4, -0.2) is 37.3 Å². The molecular formula is C14H19ClN4O. The fraction of sp³-hybridized carbons (Fsp3) is 0.571. The van der Waals surface area contributed by atoms with Crippen molar-refractivity contribution in [3.8, 4) is 6.07 Å². The molecule has 2 N–H and O–H groups in total. The minimum atomic E-state index is 0.288. The molecule has 1 aromatic rings. The van der Waals surface area contributed by atoms with Crippen molar-refractivity contribution in [2.75, 3.05) is 31.1 Å². The number of ether oxygens (including phenoxy) is 1. The van der Waals surface area contributed by atoms with Crippen molar-refractivity contribution in [2.45, 2.75) is 25.4 Å². The molecular weight excluding hydrogens is 276 g/mol. The monoisotopic (exact) mass is 294 g/mol. The predicted molar refractivity (Wildman–Crippen MR) is 78.8 cm³/mol. The van der Waals surface area contributed by atoms with Crippen molar-refractivity contribution in [3.05, 3.63) is 22.8 Å². The van der Waals surface area contributed by atoms with Crippen LogP contribution in [-0.2, 0) is 4.74 Å². The average Bonchev–Trinajstić information content (AvgIpc) is 2.49. The summed E-state index contributed by atoms with van der Waals surface area (Å²) in [6.07, 6.45) is 4.70. The quantitative estimate of drug-likeness (QED) is 0.840. The first-order chi connectivity index (χ1) is 9.76. The van der Waals surface area contributed by atoms with Crippen LogP contribution in [0.4, 0.5) is 5.82 Å². The normalized spacial score (nSPS) is 16.1. The molecule has 0 aromatic carbocycles. The summed E-state index contributed by atoms with van der Waals surface area (Å²) in [6, 6.07) is 3.72. The second kappa shape index (κ2) is 7.44. The highest BCUT2D eigenvalue weighted by atomic mass is 35.5. The summed E-state index contributed by atoms with van der Waals surface area (Å²) in [7, 11) is 0. The third-order valence-electron chi connectivity index (χ3n) is 3.43. The largest absolute Gasteiger partial charge is 0.378 e. The van der Waals surface area contributed by atoms with Crippen molar-refractivity contribution in [1.29, 1.82) is 5.26 Å². The molecule has 0 aliphatic carbocycles. The number of hydrogen-bond donors (Lipinski definition) is 1. The van der Waals surface area contributed by atoms with Gasteiger partial charge in [0, 0.05) is 25.9 Å². The Morgan fingerprint density at radius 2 is 2.25 bits per heavy atom. The molecule has 0 atom stereocenters. The fourth-order valence-electron chi connectivity index (χ4n) is 2.31. The van der Waals surface area contributed by atoms with E-state index < -0.39 is 0 Å². The van der Waals surface area contributed by atoms with Crippen LogP contribution < -0.4 is 10.6 Å². The van der Waals surface area contributed by atoms with Gasteiger partial charge < -0.3 is 15.4 Å². The summed E-state index contributed by atoms with van der Waals surface area (Å²) in [6.45, 7) is 3.08. The number of anilines is 1. The van der Waals surface area contributed by atoms with E-state index in [2.05, 4.69) is 16.0 Å². The van der Waals surface area contributed by atoms with Gasteiger partial charge in [-0.15, -0.1) is 0 Å². The van der Waals surface area contributed by atoms with E-state index >= 15 is 0 Å². The Balaban J connectivity index is 1.93. The molecule has 0 unspecified atom stereocenters. The van der Waals surface area contributed by atoms with Gasteiger partial charge in [0.2, 0.25) is 0 Å². The summed E-state index contributed by atoms with van der Waals surface area (Å²) in [5, 5.41) is 9.43. The highest BCUT2D eigenvalue weighted by Crippen LogP contribution is 2.29. The number of hydrogen-bond acceptors (Lipinski definition) is 5. The molecule has 5 nitrogen and oxygen atoms in total. The first kappa shape index (κ1) is 15.0. The summed E-state index contributed by atoms with van der Waals surface area (Å²) < 4.78 is 5.77. The van der Waals surface area contributed by atoms with E-state index in [9.17, 15) is 0 Å². The SMILES string of the molecule is N#Cc1ccnc(N2CCC(OCCCN)CC2)c1Cl. The van der Waals surface area contributed by atoms with Crippen LogP contribution in [0, 0.1) is 11.3 Å². The summed E-state index contributed by atoms with van der Waals surface area (Å²) in [5.41, 5.74) is 5.92. The molecule has 0 bridgehead atoms. The number of piperidine rings is 1. The Hall–Kier alpha value is -1.35. The molecule has 1 aliphatic rings. The van der Waals surface area contributed by atoms with E-state index in [1.54, 1.807) is 12.3 Å². The fourth-order valence-corrected chi connectivity index (χ4v) is 2.58. The van der Waals surface area contributed by atoms with Crippen LogP contribution in [0.5, 0.6) is 0 Å². The third kappa shape index (κ3) is 3.60. The summed E-state index contributed by atoms with van der Waals surface area (Å²) in [5.74, 6) is 0.700. The van der Waals surface area contributed by atoms with Gasteiger partial charge in [-0.25, -0.2) is 4.98 Å². The summed E-state index contributed by atoms with van der Waals surface area (Å²) >= 11 is 6.21. The van der Waals surface area contributed by atoms with E-state index in [-0.39, 0.29) is 6.10 Å². The smallest absolute Gasteiger partial charge is 0.148 e. The second-order valence-electron chi connectivity index (χ2n) is 4.81. The topological polar surface area (TPSA) is 75.2 Å². The Labute approximate surface area is 124 Å². The van der Waals surface area contributed by atoms with Crippen molar-refractivity contribution >= 4 is 17.4 Å². The van der Waals surface area contributed by atoms with E-state index in [0.717, 1.165) is 39.0 Å². The molecule has 6 heteroatoms. The zero-order chi connectivity index (χ0) is 14.4. The van der Waals surface area contributed by atoms with Crippen LogP contribution in [0.15, 0.2) is 12.3 Å². The maximum Gasteiger partial charge on any atom is 0.148 e. The van der Waals surface area contributed by atoms with E-state index in [1.165, 1.54) is 0 Å². The van der Waals surface area contributed by atoms with Crippen LogP contribution in [0.3, 0.4) is 0 Å². The lowest BCUT2D eigenvalue weighted by Crippen LogP contribution is -2.38. The number of nitrogens with zero attached hydrogens (tertiary/aromatic N) is 3. The zero-order valence-electron chi connectivity index (χ0n) is 11.4. The van der Waals surface area contributed by atoms with Crippen LogP contribution in [0.25, 0.3) is 0 Å². The Bertz CT molecular complexity index is 481. The number of rotatable bonds is 5. The number of aromatic nitrogens is 1. The number of halogens is 1. The molecule has 1 fully saturated rings. The molecule has 2 heterocycles. The van der Waals surface area contributed by atoms with Crippen LogP contribution in [0.1, 0.15) is 24.8 Å². The molecule has 20 heavy (non-hydrogen) atoms. The standard InChI is InChI=1S/C14H19ClN4O/c15-13-11(10-17)2-6-18-14(13)19-7-3-12(4-8-19)20-9-1-5-16/h2,6,12H,1,3-5,7-9,16H2. The maximum absolute atomic E-state index is 8.99. The molecule has 1 aliphatic heterocycles. The summed E-state index contributed by atoms with van der Waals surface area (Å²) in [4.78, 5) is 6.41. The molecule has 1 aromatic heterocycles. The molecule has 0 spiro atoms. The van der Waals surface area contributed by atoms with Gasteiger partial charge in [0.15, 0.2) is 0 Å². The van der Waals surface area contributed by atoms with Crippen molar-refractivity contribution in [2.24, 2.45) is 5.73 Å². The van der Waals surface area contributed by atoms with E-state index in [0.29, 0.717) is 22.9 Å². The van der Waals surface area contributed by atoms with Gasteiger partial charge in [0.05, 0.1) is 11.7 Å². The Morgan fingerprint density at radius 1 is 1.50 bits per heavy atom. The third-order valence-corrected chi connectivity index (χ3v) is 3.81. The average molecular weight is 295 g/mol. The highest BCUT2D eigenvalue weighted by molar-refractivity contribution is 6.34. The van der Waals surface area contributed by atoms with E-state index in [1.807, 2.05) is 0 Å². The Morgan fingerprint density at radius 3 is 2.90 bits per heavy atom. The number of pyridine rings is 1. The van der Waals surface area contributed by atoms with Crippen LogP contribution >= 0.6 is 11.6 Å². The lowest BCUT2D eigenvalue weighted by Gasteiger charge is -2.33. The molecule has 2 rings (SSSR count). The zero-order valence-corrected chi connectivity index (χ0v) is 12.1. The first-order valence-electron chi connectivity index (χ1n) is 6.87. The van der Waals surface area contributed by atoms with Gasteiger partial charge >= 0.3 is 0 Å². The predicted octanol–water partition coefficient (Wildman–Crippen LogP) is 1.94. The molecule has 0 amide bonds. The van der Waals surface area contributed by atoms with Crippen molar-refractivity contribution in [1.82, 2.24) is 4.98 Å². The lowest BCUT2D eigenvalue weighted by atomic mass is 10.1. The van der Waals surface area contributed by atoms with Gasteiger partial charge in [-0.05, 0) is 31.9 Å². The van der Waals surface area contributed by atoms with Gasteiger partial charge in [-0.2, -0.15) is 5.26 Å². The van der Waals surface area contributed by atoms with Crippen molar-refractivity contribution in [3.63, 3.8) is 0 Å². The lowest BCUT2D eigenvalue weighted by molar-refractivity contribution is 0.0365. The molecule has 1 saturated heterocycles. The molecule has 108 valence electrons. The minimum absolute atomic E-state index is 0.288. The van der Waals surface area contributed by atoms with Gasteiger partial charge in [-0.1, -0.05) is 11.6 Å². The van der Waals surface area contributed by atoms with E-state index in [4.69, 9.17) is 27.3 Å². The second-order valence-corrected chi connectivity index (χ2v) is 5.19. The Kier molecular flexibility index (Phi) is 5.60. The van der Waals surface area contributed by atoms with Gasteiger partial charge in [0.25, 0.3) is 0 Å². The van der Waals surface area contributed by atoms with Gasteiger partial charge in [-0.3, -0.25) is 0 Å². The first-order valence-corrected chi connectivity index (χ1v) is 7.25. The highest BCUT2D eigenvalue weighted by Gasteiger charge is 2.22. The van der Waals surface area contributed by atoms with Crippen molar-refractivity contribution < 1.29 is 4.74 Å². The number of nitrogens with two attached hydrogens (primary N) is 1. The maximum atomic E-state index is 8.99. The minimum Gasteiger partial charge on any atom is -0.378 e. The molecule has 0 radical (unpaired) electrons. The van der Waals surface area contributed by atoms with Crippen LogP contribution in [0.2, 0.25) is 5.02 Å². The molecule has 0 saturated carbocycles. The van der Waals surface area contributed by atoms with Gasteiger partial charge in [0.1, 0.15) is 16.9 Å². The number of nitriles is 1.